The average molecular weight is 297 g/mol. The minimum atomic E-state index is -0.0948. The SMILES string of the molecule is Cn1cnn(CCNc2ccc(Br)cc2)c1=O. The molecule has 2 rings (SSSR count). The van der Waals surface area contributed by atoms with Crippen molar-refractivity contribution in [2.24, 2.45) is 7.05 Å². The zero-order chi connectivity index (χ0) is 12.3. The summed E-state index contributed by atoms with van der Waals surface area (Å²) < 4.78 is 3.94. The molecule has 0 radical (unpaired) electrons. The van der Waals surface area contributed by atoms with E-state index in [0.717, 1.165) is 10.2 Å². The molecule has 1 aromatic heterocycles. The molecular weight excluding hydrogens is 284 g/mol. The Morgan fingerprint density at radius 1 is 1.35 bits per heavy atom. The number of rotatable bonds is 4. The first-order valence-corrected chi connectivity index (χ1v) is 6.04. The lowest BCUT2D eigenvalue weighted by atomic mass is 10.3. The number of halogens is 1. The monoisotopic (exact) mass is 296 g/mol. The zero-order valence-electron chi connectivity index (χ0n) is 9.43. The summed E-state index contributed by atoms with van der Waals surface area (Å²) in [6.07, 6.45) is 1.52. The van der Waals surface area contributed by atoms with E-state index in [-0.39, 0.29) is 5.69 Å². The van der Waals surface area contributed by atoms with Gasteiger partial charge in [-0.2, -0.15) is 5.10 Å². The van der Waals surface area contributed by atoms with Crippen LogP contribution in [0.5, 0.6) is 0 Å². The van der Waals surface area contributed by atoms with Gasteiger partial charge in [-0.3, -0.25) is 4.57 Å². The van der Waals surface area contributed by atoms with Gasteiger partial charge in [-0.15, -0.1) is 0 Å². The number of hydrogen-bond acceptors (Lipinski definition) is 3. The van der Waals surface area contributed by atoms with E-state index in [1.165, 1.54) is 15.6 Å². The predicted octanol–water partition coefficient (Wildman–Crippen LogP) is 1.46. The topological polar surface area (TPSA) is 51.9 Å². The van der Waals surface area contributed by atoms with Crippen molar-refractivity contribution in [3.05, 3.63) is 45.5 Å². The molecule has 0 bridgehead atoms. The average Bonchev–Trinajstić information content (AvgIpc) is 2.64. The summed E-state index contributed by atoms with van der Waals surface area (Å²) in [5.74, 6) is 0. The van der Waals surface area contributed by atoms with E-state index < -0.39 is 0 Å². The Bertz CT molecular complexity index is 543. The molecule has 90 valence electrons. The lowest BCUT2D eigenvalue weighted by Crippen LogP contribution is -2.25. The fourth-order valence-electron chi connectivity index (χ4n) is 1.45. The number of aryl methyl sites for hydroxylation is 1. The minimum absolute atomic E-state index is 0.0948. The molecule has 17 heavy (non-hydrogen) atoms. The number of nitrogens with zero attached hydrogens (tertiary/aromatic N) is 3. The normalized spacial score (nSPS) is 10.5. The van der Waals surface area contributed by atoms with Gasteiger partial charge >= 0.3 is 5.69 Å². The molecule has 6 heteroatoms. The smallest absolute Gasteiger partial charge is 0.345 e. The van der Waals surface area contributed by atoms with Gasteiger partial charge in [-0.05, 0) is 24.3 Å². The van der Waals surface area contributed by atoms with E-state index in [9.17, 15) is 4.79 Å². The molecule has 0 saturated heterocycles. The van der Waals surface area contributed by atoms with E-state index >= 15 is 0 Å². The van der Waals surface area contributed by atoms with Gasteiger partial charge < -0.3 is 5.32 Å². The minimum Gasteiger partial charge on any atom is -0.383 e. The first kappa shape index (κ1) is 11.9. The van der Waals surface area contributed by atoms with Gasteiger partial charge in [0.25, 0.3) is 0 Å². The van der Waals surface area contributed by atoms with Crippen LogP contribution in [0.15, 0.2) is 39.9 Å². The second-order valence-electron chi connectivity index (χ2n) is 3.68. The Kier molecular flexibility index (Phi) is 3.63. The van der Waals surface area contributed by atoms with Crippen LogP contribution in [0.2, 0.25) is 0 Å². The van der Waals surface area contributed by atoms with Crippen LogP contribution in [0.1, 0.15) is 0 Å². The van der Waals surface area contributed by atoms with Crippen LogP contribution >= 0.6 is 15.9 Å². The van der Waals surface area contributed by atoms with Crippen LogP contribution in [0.25, 0.3) is 0 Å². The first-order valence-electron chi connectivity index (χ1n) is 5.25. The molecule has 0 aliphatic rings. The maximum atomic E-state index is 11.5. The van der Waals surface area contributed by atoms with E-state index in [4.69, 9.17) is 0 Å². The zero-order valence-corrected chi connectivity index (χ0v) is 11.0. The molecule has 0 unspecified atom stereocenters. The standard InChI is InChI=1S/C11H13BrN4O/c1-15-8-14-16(11(15)17)7-6-13-10-4-2-9(12)3-5-10/h2-5,8,13H,6-7H2,1H3. The van der Waals surface area contributed by atoms with Gasteiger partial charge in [0.2, 0.25) is 0 Å². The molecule has 0 saturated carbocycles. The third kappa shape index (κ3) is 2.97. The van der Waals surface area contributed by atoms with Crippen molar-refractivity contribution in [2.45, 2.75) is 6.54 Å². The Hall–Kier alpha value is -1.56. The largest absolute Gasteiger partial charge is 0.383 e. The third-order valence-corrected chi connectivity index (χ3v) is 2.91. The summed E-state index contributed by atoms with van der Waals surface area (Å²) in [6, 6.07) is 7.89. The highest BCUT2D eigenvalue weighted by Crippen LogP contribution is 2.13. The van der Waals surface area contributed by atoms with Gasteiger partial charge in [-0.25, -0.2) is 9.48 Å². The molecule has 2 aromatic rings. The molecular formula is C11H13BrN4O. The summed E-state index contributed by atoms with van der Waals surface area (Å²) >= 11 is 3.38. The molecule has 0 aliphatic heterocycles. The lowest BCUT2D eigenvalue weighted by Gasteiger charge is -2.05. The van der Waals surface area contributed by atoms with Crippen LogP contribution < -0.4 is 11.0 Å². The molecule has 0 spiro atoms. The van der Waals surface area contributed by atoms with E-state index in [1.807, 2.05) is 24.3 Å². The highest BCUT2D eigenvalue weighted by Gasteiger charge is 2.00. The maximum Gasteiger partial charge on any atom is 0.345 e. The summed E-state index contributed by atoms with van der Waals surface area (Å²) in [5, 5.41) is 7.21. The lowest BCUT2D eigenvalue weighted by molar-refractivity contribution is 0.605. The van der Waals surface area contributed by atoms with Crippen molar-refractivity contribution in [2.75, 3.05) is 11.9 Å². The summed E-state index contributed by atoms with van der Waals surface area (Å²) in [5.41, 5.74) is 0.930. The van der Waals surface area contributed by atoms with Gasteiger partial charge in [0.05, 0.1) is 6.54 Å². The Morgan fingerprint density at radius 2 is 2.06 bits per heavy atom. The van der Waals surface area contributed by atoms with Crippen LogP contribution in [0, 0.1) is 0 Å². The van der Waals surface area contributed by atoms with Crippen molar-refractivity contribution >= 4 is 21.6 Å². The van der Waals surface area contributed by atoms with E-state index in [0.29, 0.717) is 13.1 Å². The molecule has 1 N–H and O–H groups in total. The number of aromatic nitrogens is 3. The summed E-state index contributed by atoms with van der Waals surface area (Å²) in [4.78, 5) is 11.5. The number of hydrogen-bond donors (Lipinski definition) is 1. The van der Waals surface area contributed by atoms with Crippen LogP contribution in [-0.2, 0) is 13.6 Å². The molecule has 0 aliphatic carbocycles. The van der Waals surface area contributed by atoms with E-state index in [1.54, 1.807) is 7.05 Å². The molecule has 0 atom stereocenters. The Balaban J connectivity index is 1.90. The van der Waals surface area contributed by atoms with Gasteiger partial charge in [-0.1, -0.05) is 15.9 Å². The molecule has 0 fully saturated rings. The summed E-state index contributed by atoms with van der Waals surface area (Å²) in [6.45, 7) is 1.22. The van der Waals surface area contributed by atoms with Gasteiger partial charge in [0, 0.05) is 23.8 Å². The molecule has 1 aromatic carbocycles. The van der Waals surface area contributed by atoms with Crippen molar-refractivity contribution in [3.8, 4) is 0 Å². The van der Waals surface area contributed by atoms with Crippen LogP contribution in [0.3, 0.4) is 0 Å². The maximum absolute atomic E-state index is 11.5. The van der Waals surface area contributed by atoms with Crippen molar-refractivity contribution in [3.63, 3.8) is 0 Å². The van der Waals surface area contributed by atoms with Crippen LogP contribution in [0.4, 0.5) is 5.69 Å². The van der Waals surface area contributed by atoms with Gasteiger partial charge in [0.1, 0.15) is 6.33 Å². The molecule has 5 nitrogen and oxygen atoms in total. The van der Waals surface area contributed by atoms with Crippen molar-refractivity contribution in [1.82, 2.24) is 14.3 Å². The quantitative estimate of drug-likeness (QED) is 0.929. The molecule has 0 amide bonds. The van der Waals surface area contributed by atoms with Crippen molar-refractivity contribution in [1.29, 1.82) is 0 Å². The first-order chi connectivity index (χ1) is 8.16. The Morgan fingerprint density at radius 3 is 2.65 bits per heavy atom. The highest BCUT2D eigenvalue weighted by molar-refractivity contribution is 9.10. The van der Waals surface area contributed by atoms with Crippen LogP contribution in [-0.4, -0.2) is 20.9 Å². The molecule has 1 heterocycles. The second-order valence-corrected chi connectivity index (χ2v) is 4.60. The number of benzene rings is 1. The number of anilines is 1. The fourth-order valence-corrected chi connectivity index (χ4v) is 1.71. The van der Waals surface area contributed by atoms with Gasteiger partial charge in [0.15, 0.2) is 0 Å². The second kappa shape index (κ2) is 5.18. The van der Waals surface area contributed by atoms with Crippen molar-refractivity contribution < 1.29 is 0 Å². The highest BCUT2D eigenvalue weighted by atomic mass is 79.9. The fraction of sp³-hybridized carbons (Fsp3) is 0.273. The third-order valence-electron chi connectivity index (χ3n) is 2.38. The summed E-state index contributed by atoms with van der Waals surface area (Å²) in [7, 11) is 1.69. The Labute approximate surface area is 107 Å². The number of nitrogens with one attached hydrogen (secondary N) is 1. The predicted molar refractivity (Wildman–Crippen MR) is 70.1 cm³/mol. The van der Waals surface area contributed by atoms with E-state index in [2.05, 4.69) is 26.3 Å².